The largest absolute Gasteiger partial charge is 0.322 e. The van der Waals surface area contributed by atoms with Crippen molar-refractivity contribution in [2.75, 3.05) is 5.32 Å². The number of rotatable bonds is 4. The fraction of sp³-hybridized carbons (Fsp3) is 0.360. The van der Waals surface area contributed by atoms with Gasteiger partial charge in [-0.1, -0.05) is 0 Å². The lowest BCUT2D eigenvalue weighted by Gasteiger charge is -2.20. The third kappa shape index (κ3) is 3.79. The van der Waals surface area contributed by atoms with E-state index in [4.69, 9.17) is 10.1 Å². The first kappa shape index (κ1) is 21.3. The molecule has 0 spiro atoms. The van der Waals surface area contributed by atoms with Gasteiger partial charge in [0.15, 0.2) is 5.65 Å². The number of nitrogens with zero attached hydrogens (tertiary/aromatic N) is 5. The minimum Gasteiger partial charge on any atom is -0.322 e. The second kappa shape index (κ2) is 7.50. The van der Waals surface area contributed by atoms with E-state index in [0.717, 1.165) is 29.6 Å². The highest BCUT2D eigenvalue weighted by molar-refractivity contribution is 6.12. The monoisotopic (exact) mass is 446 g/mol. The molecule has 1 amide bonds. The molecule has 1 N–H and O–H groups in total. The van der Waals surface area contributed by atoms with Crippen molar-refractivity contribution < 1.29 is 9.18 Å². The molecule has 0 bridgehead atoms. The molecular weight excluding hydrogens is 419 g/mol. The lowest BCUT2D eigenvalue weighted by Crippen LogP contribution is -2.23. The van der Waals surface area contributed by atoms with Crippen LogP contribution in [-0.2, 0) is 5.54 Å². The number of hydrogen-bond donors (Lipinski definition) is 1. The molecule has 0 aliphatic heterocycles. The van der Waals surface area contributed by atoms with E-state index in [1.54, 1.807) is 36.0 Å². The number of halogens is 1. The number of imidazole rings is 1. The van der Waals surface area contributed by atoms with E-state index in [1.807, 2.05) is 17.7 Å². The number of pyridine rings is 1. The van der Waals surface area contributed by atoms with Gasteiger partial charge >= 0.3 is 0 Å². The summed E-state index contributed by atoms with van der Waals surface area (Å²) in [5.41, 5.74) is 3.38. The van der Waals surface area contributed by atoms with Gasteiger partial charge in [-0.25, -0.2) is 19.0 Å². The first-order chi connectivity index (χ1) is 15.6. The Kier molecular flexibility index (Phi) is 4.84. The van der Waals surface area contributed by atoms with Crippen LogP contribution < -0.4 is 5.32 Å². The molecule has 0 saturated heterocycles. The Balaban J connectivity index is 1.54. The van der Waals surface area contributed by atoms with Gasteiger partial charge in [-0.3, -0.25) is 4.79 Å². The van der Waals surface area contributed by atoms with E-state index in [-0.39, 0.29) is 11.4 Å². The van der Waals surface area contributed by atoms with Crippen LogP contribution in [0.15, 0.2) is 36.7 Å². The zero-order chi connectivity index (χ0) is 23.5. The van der Waals surface area contributed by atoms with E-state index < -0.39 is 5.82 Å². The number of aromatic nitrogens is 5. The molecule has 7 nitrogen and oxygen atoms in total. The summed E-state index contributed by atoms with van der Waals surface area (Å²) < 4.78 is 18.4. The molecule has 1 aliphatic rings. The predicted octanol–water partition coefficient (Wildman–Crippen LogP) is 5.26. The molecule has 170 valence electrons. The van der Waals surface area contributed by atoms with Gasteiger partial charge < -0.3 is 9.88 Å². The van der Waals surface area contributed by atoms with Crippen molar-refractivity contribution in [3.05, 3.63) is 65.3 Å². The fourth-order valence-electron chi connectivity index (χ4n) is 4.15. The van der Waals surface area contributed by atoms with Crippen molar-refractivity contribution in [1.82, 2.24) is 24.3 Å². The van der Waals surface area contributed by atoms with Crippen LogP contribution in [0.1, 0.15) is 67.1 Å². The van der Waals surface area contributed by atoms with Gasteiger partial charge in [0.05, 0.1) is 27.9 Å². The predicted molar refractivity (Wildman–Crippen MR) is 125 cm³/mol. The summed E-state index contributed by atoms with van der Waals surface area (Å²) in [6, 6.07) is 6.54. The molecule has 1 aromatic carbocycles. The van der Waals surface area contributed by atoms with Crippen LogP contribution in [0.5, 0.6) is 0 Å². The first-order valence-electron chi connectivity index (χ1n) is 11.2. The minimum atomic E-state index is -0.441. The normalized spacial score (nSPS) is 14.1. The molecule has 1 aliphatic carbocycles. The quantitative estimate of drug-likeness (QED) is 0.464. The smallest absolute Gasteiger partial charge is 0.256 e. The van der Waals surface area contributed by atoms with Gasteiger partial charge in [0.1, 0.15) is 11.6 Å². The Morgan fingerprint density at radius 2 is 1.94 bits per heavy atom. The Labute approximate surface area is 191 Å². The highest BCUT2D eigenvalue weighted by atomic mass is 19.1. The van der Waals surface area contributed by atoms with Crippen LogP contribution in [0.2, 0.25) is 0 Å². The average molecular weight is 447 g/mol. The second-order valence-corrected chi connectivity index (χ2v) is 9.70. The summed E-state index contributed by atoms with van der Waals surface area (Å²) in [6.45, 7) is 9.90. The van der Waals surface area contributed by atoms with Gasteiger partial charge in [0, 0.05) is 29.7 Å². The number of nitrogens with one attached hydrogen (secondary N) is 1. The maximum absolute atomic E-state index is 14.9. The van der Waals surface area contributed by atoms with Crippen LogP contribution in [-0.4, -0.2) is 30.2 Å². The van der Waals surface area contributed by atoms with Crippen molar-refractivity contribution in [3.63, 3.8) is 0 Å². The summed E-state index contributed by atoms with van der Waals surface area (Å²) in [4.78, 5) is 22.4. The molecule has 3 aromatic heterocycles. The van der Waals surface area contributed by atoms with E-state index >= 15 is 0 Å². The first-order valence-corrected chi connectivity index (χ1v) is 11.2. The Morgan fingerprint density at radius 3 is 2.55 bits per heavy atom. The molecule has 1 saturated carbocycles. The van der Waals surface area contributed by atoms with E-state index in [2.05, 4.69) is 31.1 Å². The number of benzene rings is 1. The zero-order valence-corrected chi connectivity index (χ0v) is 19.5. The van der Waals surface area contributed by atoms with Crippen LogP contribution in [0.3, 0.4) is 0 Å². The third-order valence-corrected chi connectivity index (χ3v) is 6.00. The molecule has 3 heterocycles. The molecule has 1 fully saturated rings. The summed E-state index contributed by atoms with van der Waals surface area (Å²) >= 11 is 0. The van der Waals surface area contributed by atoms with Crippen LogP contribution in [0.4, 0.5) is 10.1 Å². The Bertz CT molecular complexity index is 1390. The second-order valence-electron chi connectivity index (χ2n) is 9.70. The van der Waals surface area contributed by atoms with Crippen molar-refractivity contribution in [2.24, 2.45) is 0 Å². The topological polar surface area (TPSA) is 77.6 Å². The lowest BCUT2D eigenvalue weighted by molar-refractivity contribution is 0.102. The number of amides is 1. The van der Waals surface area contributed by atoms with Crippen LogP contribution in [0.25, 0.3) is 16.7 Å². The van der Waals surface area contributed by atoms with Crippen molar-refractivity contribution in [2.45, 2.75) is 58.9 Å². The highest BCUT2D eigenvalue weighted by Crippen LogP contribution is 2.41. The summed E-state index contributed by atoms with van der Waals surface area (Å²) in [6.07, 6.45) is 5.47. The standard InChI is InChI=1S/C25H27FN6O/c1-14-22-18(13-20(16-6-7-16)29-23(22)32(30-14)25(3,4)5)24(33)28-17-8-9-21(19(26)12-17)31-11-10-27-15(31)2/h8-13,16H,6-7H2,1-5H3,(H,28,33). The number of carbonyl (C=O) groups excluding carboxylic acids is 1. The van der Waals surface area contributed by atoms with Crippen molar-refractivity contribution in [1.29, 1.82) is 0 Å². The van der Waals surface area contributed by atoms with Gasteiger partial charge in [-0.05, 0) is 71.7 Å². The van der Waals surface area contributed by atoms with Gasteiger partial charge in [0.2, 0.25) is 0 Å². The molecule has 33 heavy (non-hydrogen) atoms. The van der Waals surface area contributed by atoms with Gasteiger partial charge in [-0.2, -0.15) is 5.10 Å². The van der Waals surface area contributed by atoms with E-state index in [1.165, 1.54) is 6.07 Å². The third-order valence-electron chi connectivity index (χ3n) is 6.00. The fourth-order valence-corrected chi connectivity index (χ4v) is 4.15. The van der Waals surface area contributed by atoms with E-state index in [0.29, 0.717) is 34.3 Å². The van der Waals surface area contributed by atoms with E-state index in [9.17, 15) is 9.18 Å². The minimum absolute atomic E-state index is 0.278. The Hall–Kier alpha value is -3.55. The number of carbonyl (C=O) groups is 1. The molecule has 8 heteroatoms. The maximum atomic E-state index is 14.9. The summed E-state index contributed by atoms with van der Waals surface area (Å²) in [5, 5.41) is 8.31. The van der Waals surface area contributed by atoms with Gasteiger partial charge in [0.25, 0.3) is 5.91 Å². The number of fused-ring (bicyclic) bond motifs is 1. The highest BCUT2D eigenvalue weighted by Gasteiger charge is 2.30. The molecule has 5 rings (SSSR count). The van der Waals surface area contributed by atoms with Crippen molar-refractivity contribution >= 4 is 22.6 Å². The van der Waals surface area contributed by atoms with Crippen molar-refractivity contribution in [3.8, 4) is 5.69 Å². The summed E-state index contributed by atoms with van der Waals surface area (Å²) in [7, 11) is 0. The molecule has 4 aromatic rings. The van der Waals surface area contributed by atoms with Crippen LogP contribution >= 0.6 is 0 Å². The molecule has 0 atom stereocenters. The average Bonchev–Trinajstić information content (AvgIpc) is 3.43. The number of aryl methyl sites for hydroxylation is 2. The number of anilines is 1. The molecular formula is C25H27FN6O. The van der Waals surface area contributed by atoms with Gasteiger partial charge in [-0.15, -0.1) is 0 Å². The van der Waals surface area contributed by atoms with Crippen LogP contribution in [0, 0.1) is 19.7 Å². The zero-order valence-electron chi connectivity index (χ0n) is 19.5. The SMILES string of the molecule is Cc1nn(C(C)(C)C)c2nc(C3CC3)cc(C(=O)Nc3ccc(-n4ccnc4C)c(F)c3)c12. The Morgan fingerprint density at radius 1 is 1.18 bits per heavy atom. The summed E-state index contributed by atoms with van der Waals surface area (Å²) in [5.74, 6) is 0.319. The number of hydrogen-bond acceptors (Lipinski definition) is 4. The molecule has 0 unspecified atom stereocenters. The molecule has 0 radical (unpaired) electrons. The lowest BCUT2D eigenvalue weighted by atomic mass is 10.1. The maximum Gasteiger partial charge on any atom is 0.256 e.